The molecule has 1 aromatic heterocycles. The minimum atomic E-state index is -3.54. The molecule has 1 atom stereocenters. The highest BCUT2D eigenvalue weighted by Gasteiger charge is 2.24. The molecule has 0 aromatic carbocycles. The van der Waals surface area contributed by atoms with E-state index in [4.69, 9.17) is 0 Å². The zero-order chi connectivity index (χ0) is 23.0. The summed E-state index contributed by atoms with van der Waals surface area (Å²) in [6, 6.07) is 4.21. The molecule has 1 aliphatic rings. The lowest BCUT2D eigenvalue weighted by Crippen LogP contribution is -2.44. The molecule has 1 fully saturated rings. The number of amides is 4. The summed E-state index contributed by atoms with van der Waals surface area (Å²) in [7, 11) is -3.54. The van der Waals surface area contributed by atoms with Crippen LogP contribution in [0.5, 0.6) is 0 Å². The van der Waals surface area contributed by atoms with Gasteiger partial charge in [0.1, 0.15) is 5.69 Å². The number of nitrogens with one attached hydrogen (secondary N) is 3. The van der Waals surface area contributed by atoms with Gasteiger partial charge in [0, 0.05) is 31.8 Å². The van der Waals surface area contributed by atoms with Crippen molar-refractivity contribution >= 4 is 33.5 Å². The molecule has 1 aliphatic heterocycles. The van der Waals surface area contributed by atoms with Crippen LogP contribution in [0.4, 0.5) is 0 Å². The molecule has 0 radical (unpaired) electrons. The van der Waals surface area contributed by atoms with Crippen LogP contribution < -0.4 is 16.0 Å². The summed E-state index contributed by atoms with van der Waals surface area (Å²) in [5.41, 5.74) is -0.0836. The van der Waals surface area contributed by atoms with Crippen molar-refractivity contribution in [1.29, 1.82) is 0 Å². The predicted molar refractivity (Wildman–Crippen MR) is 111 cm³/mol. The Kier molecular flexibility index (Phi) is 8.48. The van der Waals surface area contributed by atoms with E-state index in [9.17, 15) is 27.6 Å². The summed E-state index contributed by atoms with van der Waals surface area (Å²) in [4.78, 5) is 53.2. The quantitative estimate of drug-likeness (QED) is 0.426. The maximum atomic E-state index is 12.1. The van der Waals surface area contributed by atoms with Crippen LogP contribution in [-0.4, -0.2) is 80.4 Å². The number of carbonyl (C=O) groups excluding carboxylic acids is 4. The van der Waals surface area contributed by atoms with E-state index in [1.165, 1.54) is 18.2 Å². The smallest absolute Gasteiger partial charge is 0.269 e. The monoisotopic (exact) mass is 453 g/mol. The summed E-state index contributed by atoms with van der Waals surface area (Å²) in [6.45, 7) is 2.22. The molecular weight excluding hydrogens is 426 g/mol. The number of hydrogen-bond acceptors (Lipinski definition) is 7. The largest absolute Gasteiger partial charge is 0.350 e. The second kappa shape index (κ2) is 10.8. The molecule has 2 heterocycles. The van der Waals surface area contributed by atoms with Crippen molar-refractivity contribution in [2.24, 2.45) is 0 Å². The van der Waals surface area contributed by atoms with E-state index in [-0.39, 0.29) is 48.7 Å². The van der Waals surface area contributed by atoms with E-state index in [0.717, 1.165) is 19.1 Å². The number of hydrogen-bond donors (Lipinski definition) is 3. The van der Waals surface area contributed by atoms with Crippen molar-refractivity contribution in [3.63, 3.8) is 0 Å². The van der Waals surface area contributed by atoms with Crippen LogP contribution >= 0.6 is 0 Å². The first-order valence-electron chi connectivity index (χ1n) is 9.86. The number of likely N-dealkylation sites (tertiary alicyclic amines) is 1. The Morgan fingerprint density at radius 2 is 1.81 bits per heavy atom. The highest BCUT2D eigenvalue weighted by Crippen LogP contribution is 2.15. The molecule has 3 N–H and O–H groups in total. The van der Waals surface area contributed by atoms with Crippen LogP contribution in [0.15, 0.2) is 23.2 Å². The Balaban J connectivity index is 1.66. The van der Waals surface area contributed by atoms with E-state index in [1.807, 2.05) is 6.92 Å². The van der Waals surface area contributed by atoms with Crippen molar-refractivity contribution in [3.8, 4) is 0 Å². The summed E-state index contributed by atoms with van der Waals surface area (Å²) in [6.07, 6.45) is 2.80. The lowest BCUT2D eigenvalue weighted by atomic mass is 10.2. The van der Waals surface area contributed by atoms with Crippen LogP contribution in [0, 0.1) is 0 Å². The normalized spacial score (nSPS) is 15.9. The third-order valence-corrected chi connectivity index (χ3v) is 5.72. The van der Waals surface area contributed by atoms with Crippen molar-refractivity contribution in [3.05, 3.63) is 23.9 Å². The first-order chi connectivity index (χ1) is 14.6. The van der Waals surface area contributed by atoms with Gasteiger partial charge in [0.25, 0.3) is 5.91 Å². The molecule has 11 nitrogen and oxygen atoms in total. The Hall–Kier alpha value is -3.02. The highest BCUT2D eigenvalue weighted by molar-refractivity contribution is 7.90. The molecule has 0 bridgehead atoms. The molecule has 0 spiro atoms. The fourth-order valence-corrected chi connectivity index (χ4v) is 3.63. The summed E-state index contributed by atoms with van der Waals surface area (Å²) < 4.78 is 23.0. The number of carbonyl (C=O) groups is 4. The van der Waals surface area contributed by atoms with E-state index in [0.29, 0.717) is 6.54 Å². The fraction of sp³-hybridized carbons (Fsp3) is 0.526. The third kappa shape index (κ3) is 7.63. The first-order valence-corrected chi connectivity index (χ1v) is 11.7. The van der Waals surface area contributed by atoms with Crippen LogP contribution in [0.2, 0.25) is 0 Å². The summed E-state index contributed by atoms with van der Waals surface area (Å²) in [5.74, 6) is -1.72. The number of nitrogens with zero attached hydrogens (tertiary/aromatic N) is 2. The fourth-order valence-electron chi connectivity index (χ4n) is 3.04. The molecule has 2 rings (SSSR count). The lowest BCUT2D eigenvalue weighted by molar-refractivity contribution is -0.133. The lowest BCUT2D eigenvalue weighted by Gasteiger charge is -2.21. The van der Waals surface area contributed by atoms with Gasteiger partial charge in [-0.25, -0.2) is 13.4 Å². The van der Waals surface area contributed by atoms with Crippen LogP contribution in [-0.2, 0) is 24.2 Å². The molecule has 1 saturated heterocycles. The molecule has 4 amide bonds. The molecule has 1 unspecified atom stereocenters. The van der Waals surface area contributed by atoms with Crippen molar-refractivity contribution in [1.82, 2.24) is 25.8 Å². The van der Waals surface area contributed by atoms with Crippen LogP contribution in [0.1, 0.15) is 36.7 Å². The van der Waals surface area contributed by atoms with E-state index >= 15 is 0 Å². The average Bonchev–Trinajstić information content (AvgIpc) is 3.15. The van der Waals surface area contributed by atoms with Crippen LogP contribution in [0.25, 0.3) is 0 Å². The highest BCUT2D eigenvalue weighted by atomic mass is 32.2. The predicted octanol–water partition coefficient (Wildman–Crippen LogP) is -1.15. The Bertz CT molecular complexity index is 949. The molecule has 12 heteroatoms. The van der Waals surface area contributed by atoms with Gasteiger partial charge in [-0.1, -0.05) is 6.07 Å². The van der Waals surface area contributed by atoms with Gasteiger partial charge < -0.3 is 20.9 Å². The minimum absolute atomic E-state index is 0.0254. The minimum Gasteiger partial charge on any atom is -0.350 e. The standard InChI is InChI=1S/C19H27N5O6S/c1-13-5-4-10-24(13)18(27)12-22-16(26)11-21-15(25)8-9-20-19(28)14-6-3-7-17(23-14)31(2,29)30/h3,6-7,13H,4-5,8-12H2,1-2H3,(H,20,28)(H,21,25)(H,22,26). The second-order valence-electron chi connectivity index (χ2n) is 7.27. The van der Waals surface area contributed by atoms with Gasteiger partial charge >= 0.3 is 0 Å². The van der Waals surface area contributed by atoms with Gasteiger partial charge in [-0.3, -0.25) is 19.2 Å². The molecule has 0 saturated carbocycles. The molecule has 31 heavy (non-hydrogen) atoms. The maximum absolute atomic E-state index is 12.1. The molecular formula is C19H27N5O6S. The van der Waals surface area contributed by atoms with E-state index in [1.54, 1.807) is 4.90 Å². The van der Waals surface area contributed by atoms with Gasteiger partial charge in [0.2, 0.25) is 17.7 Å². The maximum Gasteiger partial charge on any atom is 0.269 e. The first kappa shape index (κ1) is 24.3. The average molecular weight is 454 g/mol. The second-order valence-corrected chi connectivity index (χ2v) is 9.23. The number of sulfone groups is 1. The van der Waals surface area contributed by atoms with Gasteiger partial charge in [0.05, 0.1) is 13.1 Å². The van der Waals surface area contributed by atoms with Gasteiger partial charge in [-0.2, -0.15) is 0 Å². The zero-order valence-corrected chi connectivity index (χ0v) is 18.3. The number of aromatic nitrogens is 1. The Morgan fingerprint density at radius 3 is 2.45 bits per heavy atom. The Labute approximate surface area is 180 Å². The van der Waals surface area contributed by atoms with Crippen molar-refractivity contribution in [2.45, 2.75) is 37.3 Å². The van der Waals surface area contributed by atoms with Gasteiger partial charge in [-0.05, 0) is 31.9 Å². The van der Waals surface area contributed by atoms with Crippen LogP contribution in [0.3, 0.4) is 0 Å². The Morgan fingerprint density at radius 1 is 1.10 bits per heavy atom. The summed E-state index contributed by atoms with van der Waals surface area (Å²) in [5, 5.41) is 7.12. The molecule has 170 valence electrons. The van der Waals surface area contributed by atoms with E-state index < -0.39 is 27.6 Å². The SMILES string of the molecule is CC1CCCN1C(=O)CNC(=O)CNC(=O)CCNC(=O)c1cccc(S(C)(=O)=O)n1. The molecule has 1 aromatic rings. The molecule has 0 aliphatic carbocycles. The van der Waals surface area contributed by atoms with Gasteiger partial charge in [0.15, 0.2) is 14.9 Å². The number of rotatable bonds is 9. The zero-order valence-electron chi connectivity index (χ0n) is 17.5. The third-order valence-electron chi connectivity index (χ3n) is 4.73. The van der Waals surface area contributed by atoms with E-state index in [2.05, 4.69) is 20.9 Å². The van der Waals surface area contributed by atoms with Crippen molar-refractivity contribution in [2.75, 3.05) is 32.4 Å². The summed E-state index contributed by atoms with van der Waals surface area (Å²) >= 11 is 0. The van der Waals surface area contributed by atoms with Gasteiger partial charge in [-0.15, -0.1) is 0 Å². The van der Waals surface area contributed by atoms with Crippen molar-refractivity contribution < 1.29 is 27.6 Å². The topological polar surface area (TPSA) is 155 Å². The number of pyridine rings is 1.